The normalized spacial score (nSPS) is 16.8. The molecule has 1 unspecified atom stereocenters. The average Bonchev–Trinajstić information content (AvgIpc) is 1.86. The molecule has 1 amide bonds. The molecule has 12 heavy (non-hydrogen) atoms. The van der Waals surface area contributed by atoms with Crippen molar-refractivity contribution in [2.75, 3.05) is 0 Å². The van der Waals surface area contributed by atoms with Crippen molar-refractivity contribution in [1.82, 2.24) is 5.32 Å². The van der Waals surface area contributed by atoms with Crippen LogP contribution in [0.3, 0.4) is 0 Å². The predicted octanol–water partition coefficient (Wildman–Crippen LogP) is 1.85. The molecular weight excluding hydrogens is 171 g/mol. The van der Waals surface area contributed by atoms with E-state index in [1.165, 1.54) is 0 Å². The number of rotatable bonds is 4. The molecule has 72 valence electrons. The average molecular weight is 183 g/mol. The Labute approximate surface area is 69.1 Å². The van der Waals surface area contributed by atoms with Gasteiger partial charge in [-0.15, -0.1) is 0 Å². The van der Waals surface area contributed by atoms with Gasteiger partial charge in [-0.2, -0.15) is 13.2 Å². The highest BCUT2D eigenvalue weighted by atomic mass is 19.4. The van der Waals surface area contributed by atoms with Gasteiger partial charge in [-0.25, -0.2) is 0 Å². The lowest BCUT2D eigenvalue weighted by Crippen LogP contribution is -2.53. The number of hydrogen-bond acceptors (Lipinski definition) is 1. The van der Waals surface area contributed by atoms with Crippen LogP contribution in [0.4, 0.5) is 13.2 Å². The van der Waals surface area contributed by atoms with Gasteiger partial charge in [-0.1, -0.05) is 13.3 Å². The molecule has 0 saturated heterocycles. The molecule has 1 N–H and O–H groups in total. The molecule has 0 aliphatic carbocycles. The molecule has 0 bridgehead atoms. The van der Waals surface area contributed by atoms with Crippen LogP contribution in [0.5, 0.6) is 0 Å². The molecule has 0 heterocycles. The fourth-order valence-electron chi connectivity index (χ4n) is 0.926. The highest BCUT2D eigenvalue weighted by Gasteiger charge is 2.50. The second-order valence-corrected chi connectivity index (χ2v) is 2.84. The van der Waals surface area contributed by atoms with Crippen molar-refractivity contribution in [2.24, 2.45) is 0 Å². The Bertz CT molecular complexity index is 157. The van der Waals surface area contributed by atoms with E-state index < -0.39 is 11.7 Å². The van der Waals surface area contributed by atoms with Gasteiger partial charge in [0.1, 0.15) is 5.54 Å². The van der Waals surface area contributed by atoms with Crippen LogP contribution >= 0.6 is 0 Å². The van der Waals surface area contributed by atoms with E-state index in [4.69, 9.17) is 0 Å². The first-order valence-electron chi connectivity index (χ1n) is 3.65. The minimum Gasteiger partial charge on any atom is -0.345 e. The van der Waals surface area contributed by atoms with Crippen LogP contribution in [-0.4, -0.2) is 18.1 Å². The molecule has 0 fully saturated rings. The highest BCUT2D eigenvalue weighted by Crippen LogP contribution is 2.33. The smallest absolute Gasteiger partial charge is 0.345 e. The van der Waals surface area contributed by atoms with Crippen molar-refractivity contribution in [2.45, 2.75) is 38.4 Å². The van der Waals surface area contributed by atoms with Gasteiger partial charge in [0.25, 0.3) is 0 Å². The van der Waals surface area contributed by atoms with Crippen molar-refractivity contribution in [3.63, 3.8) is 0 Å². The van der Waals surface area contributed by atoms with Crippen LogP contribution in [0.1, 0.15) is 26.7 Å². The Morgan fingerprint density at radius 1 is 1.42 bits per heavy atom. The Hall–Kier alpha value is -0.740. The summed E-state index contributed by atoms with van der Waals surface area (Å²) in [6.45, 7) is 2.61. The third-order valence-corrected chi connectivity index (χ3v) is 1.75. The standard InChI is InChI=1S/C7H12F3NO/c1-3-4-6(2,11-5-12)7(8,9)10/h5H,3-4H2,1-2H3,(H,11,12). The summed E-state index contributed by atoms with van der Waals surface area (Å²) in [6, 6.07) is 0. The molecule has 0 radical (unpaired) electrons. The van der Waals surface area contributed by atoms with E-state index in [2.05, 4.69) is 0 Å². The first-order chi connectivity index (χ1) is 5.37. The fraction of sp³-hybridized carbons (Fsp3) is 0.857. The summed E-state index contributed by atoms with van der Waals surface area (Å²) >= 11 is 0. The van der Waals surface area contributed by atoms with Crippen LogP contribution in [0.2, 0.25) is 0 Å². The second-order valence-electron chi connectivity index (χ2n) is 2.84. The Morgan fingerprint density at radius 2 is 1.92 bits per heavy atom. The van der Waals surface area contributed by atoms with E-state index in [1.54, 1.807) is 12.2 Å². The van der Waals surface area contributed by atoms with Gasteiger partial charge >= 0.3 is 6.18 Å². The Balaban J connectivity index is 4.48. The fourth-order valence-corrected chi connectivity index (χ4v) is 0.926. The molecule has 0 aromatic heterocycles. The molecule has 1 atom stereocenters. The number of amides is 1. The van der Waals surface area contributed by atoms with Gasteiger partial charge in [0, 0.05) is 0 Å². The molecule has 0 aliphatic heterocycles. The zero-order valence-electron chi connectivity index (χ0n) is 7.03. The van der Waals surface area contributed by atoms with Gasteiger partial charge < -0.3 is 5.32 Å². The summed E-state index contributed by atoms with van der Waals surface area (Å²) in [7, 11) is 0. The molecular formula is C7H12F3NO. The monoisotopic (exact) mass is 183 g/mol. The van der Waals surface area contributed by atoms with Crippen LogP contribution in [0.25, 0.3) is 0 Å². The minimum atomic E-state index is -4.38. The number of nitrogens with one attached hydrogen (secondary N) is 1. The number of carbonyl (C=O) groups excluding carboxylic acids is 1. The van der Waals surface area contributed by atoms with Crippen molar-refractivity contribution in [1.29, 1.82) is 0 Å². The number of alkyl halides is 3. The summed E-state index contributed by atoms with van der Waals surface area (Å²) in [5.41, 5.74) is -2.08. The molecule has 0 rings (SSSR count). The number of halogens is 3. The molecule has 0 saturated carbocycles. The Kier molecular flexibility index (Phi) is 3.55. The molecule has 2 nitrogen and oxygen atoms in total. The zero-order valence-corrected chi connectivity index (χ0v) is 7.03. The van der Waals surface area contributed by atoms with Gasteiger partial charge in [0.15, 0.2) is 0 Å². The summed E-state index contributed by atoms with van der Waals surface area (Å²) in [4.78, 5) is 9.93. The molecule has 0 aromatic rings. The topological polar surface area (TPSA) is 29.1 Å². The van der Waals surface area contributed by atoms with Crippen molar-refractivity contribution >= 4 is 6.41 Å². The third kappa shape index (κ3) is 2.39. The van der Waals surface area contributed by atoms with E-state index in [9.17, 15) is 18.0 Å². The van der Waals surface area contributed by atoms with Gasteiger partial charge in [-0.3, -0.25) is 4.79 Å². The van der Waals surface area contributed by atoms with Gasteiger partial charge in [-0.05, 0) is 13.3 Å². The summed E-state index contributed by atoms with van der Waals surface area (Å²) in [6.07, 6.45) is -4.03. The van der Waals surface area contributed by atoms with Crippen LogP contribution in [0, 0.1) is 0 Å². The number of hydrogen-bond donors (Lipinski definition) is 1. The van der Waals surface area contributed by atoms with Crippen molar-refractivity contribution < 1.29 is 18.0 Å². The number of carbonyl (C=O) groups is 1. The summed E-state index contributed by atoms with van der Waals surface area (Å²) in [5.74, 6) is 0. The first-order valence-corrected chi connectivity index (χ1v) is 3.65. The predicted molar refractivity (Wildman–Crippen MR) is 38.6 cm³/mol. The van der Waals surface area contributed by atoms with Crippen molar-refractivity contribution in [3.05, 3.63) is 0 Å². The molecule has 0 aromatic carbocycles. The first kappa shape index (κ1) is 11.3. The van der Waals surface area contributed by atoms with E-state index in [1.807, 2.05) is 0 Å². The van der Waals surface area contributed by atoms with E-state index in [-0.39, 0.29) is 12.8 Å². The maximum Gasteiger partial charge on any atom is 0.411 e. The van der Waals surface area contributed by atoms with Gasteiger partial charge in [0.2, 0.25) is 6.41 Å². The molecule has 0 spiro atoms. The van der Waals surface area contributed by atoms with Crippen LogP contribution < -0.4 is 5.32 Å². The second kappa shape index (κ2) is 3.78. The largest absolute Gasteiger partial charge is 0.411 e. The Morgan fingerprint density at radius 3 is 2.17 bits per heavy atom. The molecule has 5 heteroatoms. The highest BCUT2D eigenvalue weighted by molar-refractivity contribution is 5.48. The maximum absolute atomic E-state index is 12.3. The molecule has 0 aliphatic rings. The van der Waals surface area contributed by atoms with Gasteiger partial charge in [0.05, 0.1) is 0 Å². The zero-order chi connectivity index (χ0) is 9.83. The third-order valence-electron chi connectivity index (χ3n) is 1.75. The lowest BCUT2D eigenvalue weighted by atomic mass is 9.96. The SMILES string of the molecule is CCCC(C)(NC=O)C(F)(F)F. The van der Waals surface area contributed by atoms with E-state index in [0.717, 1.165) is 6.92 Å². The quantitative estimate of drug-likeness (QED) is 0.662. The summed E-state index contributed by atoms with van der Waals surface area (Å²) in [5, 5.41) is 1.79. The van der Waals surface area contributed by atoms with Crippen LogP contribution in [0.15, 0.2) is 0 Å². The van der Waals surface area contributed by atoms with Crippen molar-refractivity contribution in [3.8, 4) is 0 Å². The lowest BCUT2D eigenvalue weighted by Gasteiger charge is -2.30. The summed E-state index contributed by atoms with van der Waals surface area (Å²) < 4.78 is 36.8. The minimum absolute atomic E-state index is 0.0865. The maximum atomic E-state index is 12.3. The van der Waals surface area contributed by atoms with E-state index in [0.29, 0.717) is 6.42 Å². The van der Waals surface area contributed by atoms with Crippen LogP contribution in [-0.2, 0) is 4.79 Å². The lowest BCUT2D eigenvalue weighted by molar-refractivity contribution is -0.193. The van der Waals surface area contributed by atoms with E-state index >= 15 is 0 Å².